The van der Waals surface area contributed by atoms with Gasteiger partial charge in [0.25, 0.3) is 0 Å². The van der Waals surface area contributed by atoms with Crippen LogP contribution >= 0.6 is 11.6 Å². The van der Waals surface area contributed by atoms with Crippen LogP contribution in [0.2, 0.25) is 0 Å². The maximum absolute atomic E-state index is 5.92. The quantitative estimate of drug-likeness (QED) is 0.524. The molecule has 1 saturated carbocycles. The molecule has 0 saturated heterocycles. The second-order valence-electron chi connectivity index (χ2n) is 4.16. The van der Waals surface area contributed by atoms with Crippen LogP contribution in [0.1, 0.15) is 25.7 Å². The monoisotopic (exact) mass is 219 g/mol. The summed E-state index contributed by atoms with van der Waals surface area (Å²) < 4.78 is 5.00. The molecule has 2 nitrogen and oxygen atoms in total. The van der Waals surface area contributed by atoms with Gasteiger partial charge in [0.05, 0.1) is 0 Å². The zero-order chi connectivity index (χ0) is 10.2. The van der Waals surface area contributed by atoms with Crippen LogP contribution in [0.3, 0.4) is 0 Å². The molecule has 2 unspecified atom stereocenters. The molecule has 1 aliphatic carbocycles. The van der Waals surface area contributed by atoms with Crippen LogP contribution in [0.4, 0.5) is 0 Å². The standard InChI is InChI=1S/C11H22ClNO/c1-14-7-3-6-13-9-11-5-2-4-10(11)8-12/h10-11,13H,2-9H2,1H3. The molecule has 0 bridgehead atoms. The van der Waals surface area contributed by atoms with Gasteiger partial charge in [-0.15, -0.1) is 11.6 Å². The third-order valence-corrected chi connectivity index (χ3v) is 3.52. The lowest BCUT2D eigenvalue weighted by Gasteiger charge is -2.17. The Bertz CT molecular complexity index is 143. The molecular formula is C11H22ClNO. The van der Waals surface area contributed by atoms with Gasteiger partial charge in [0.15, 0.2) is 0 Å². The molecule has 0 aromatic heterocycles. The molecule has 2 atom stereocenters. The fourth-order valence-corrected chi connectivity index (χ4v) is 2.62. The van der Waals surface area contributed by atoms with Gasteiger partial charge in [-0.2, -0.15) is 0 Å². The summed E-state index contributed by atoms with van der Waals surface area (Å²) in [5, 5.41) is 3.49. The first kappa shape index (κ1) is 12.3. The predicted molar refractivity (Wildman–Crippen MR) is 60.9 cm³/mol. The minimum atomic E-state index is 0.756. The first-order valence-corrected chi connectivity index (χ1v) is 6.17. The van der Waals surface area contributed by atoms with Gasteiger partial charge in [-0.1, -0.05) is 6.42 Å². The second-order valence-corrected chi connectivity index (χ2v) is 4.46. The Hall–Kier alpha value is 0.210. The van der Waals surface area contributed by atoms with Gasteiger partial charge in [0, 0.05) is 19.6 Å². The maximum atomic E-state index is 5.92. The summed E-state index contributed by atoms with van der Waals surface area (Å²) in [5.74, 6) is 2.41. The maximum Gasteiger partial charge on any atom is 0.0474 e. The van der Waals surface area contributed by atoms with Crippen molar-refractivity contribution in [3.8, 4) is 0 Å². The Morgan fingerprint density at radius 3 is 2.86 bits per heavy atom. The summed E-state index contributed by atoms with van der Waals surface area (Å²) in [7, 11) is 1.75. The van der Waals surface area contributed by atoms with Crippen LogP contribution in [0.5, 0.6) is 0 Å². The van der Waals surface area contributed by atoms with E-state index in [1.165, 1.54) is 19.3 Å². The molecule has 1 aliphatic rings. The Balaban J connectivity index is 2.00. The van der Waals surface area contributed by atoms with Crippen LogP contribution < -0.4 is 5.32 Å². The highest BCUT2D eigenvalue weighted by Crippen LogP contribution is 2.31. The van der Waals surface area contributed by atoms with E-state index in [-0.39, 0.29) is 0 Å². The summed E-state index contributed by atoms with van der Waals surface area (Å²) in [5.41, 5.74) is 0. The van der Waals surface area contributed by atoms with Gasteiger partial charge in [0.1, 0.15) is 0 Å². The number of nitrogens with one attached hydrogen (secondary N) is 1. The molecule has 84 valence electrons. The largest absolute Gasteiger partial charge is 0.385 e. The van der Waals surface area contributed by atoms with Crippen LogP contribution in [-0.4, -0.2) is 32.7 Å². The Morgan fingerprint density at radius 1 is 1.36 bits per heavy atom. The van der Waals surface area contributed by atoms with Crippen LogP contribution in [-0.2, 0) is 4.74 Å². The molecule has 0 radical (unpaired) electrons. The average molecular weight is 220 g/mol. The number of rotatable bonds is 7. The van der Waals surface area contributed by atoms with E-state index in [2.05, 4.69) is 5.32 Å². The SMILES string of the molecule is COCCCNCC1CCCC1CCl. The summed E-state index contributed by atoms with van der Waals surface area (Å²) in [6.45, 7) is 3.07. The lowest BCUT2D eigenvalue weighted by molar-refractivity contribution is 0.193. The second kappa shape index (κ2) is 7.49. The van der Waals surface area contributed by atoms with E-state index in [4.69, 9.17) is 16.3 Å². The Kier molecular flexibility index (Phi) is 6.57. The molecule has 0 spiro atoms. The van der Waals surface area contributed by atoms with E-state index in [1.54, 1.807) is 7.11 Å². The van der Waals surface area contributed by atoms with E-state index in [9.17, 15) is 0 Å². The summed E-state index contributed by atoms with van der Waals surface area (Å²) in [4.78, 5) is 0. The highest BCUT2D eigenvalue weighted by atomic mass is 35.5. The zero-order valence-electron chi connectivity index (χ0n) is 9.10. The van der Waals surface area contributed by atoms with Gasteiger partial charge in [-0.3, -0.25) is 0 Å². The summed E-state index contributed by atoms with van der Waals surface area (Å²) in [6, 6.07) is 0. The molecule has 1 fully saturated rings. The number of alkyl halides is 1. The molecule has 0 aromatic carbocycles. The number of hydrogen-bond donors (Lipinski definition) is 1. The molecule has 0 aliphatic heterocycles. The Morgan fingerprint density at radius 2 is 2.14 bits per heavy atom. The predicted octanol–water partition coefficient (Wildman–Crippen LogP) is 2.27. The fourth-order valence-electron chi connectivity index (χ4n) is 2.21. The van der Waals surface area contributed by atoms with Gasteiger partial charge >= 0.3 is 0 Å². The van der Waals surface area contributed by atoms with E-state index in [0.717, 1.165) is 43.8 Å². The lowest BCUT2D eigenvalue weighted by Crippen LogP contribution is -2.27. The van der Waals surface area contributed by atoms with E-state index in [1.807, 2.05) is 0 Å². The van der Waals surface area contributed by atoms with Crippen molar-refractivity contribution in [3.05, 3.63) is 0 Å². The average Bonchev–Trinajstić information content (AvgIpc) is 2.65. The third-order valence-electron chi connectivity index (χ3n) is 3.12. The minimum Gasteiger partial charge on any atom is -0.385 e. The normalized spacial score (nSPS) is 27.0. The van der Waals surface area contributed by atoms with E-state index in [0.29, 0.717) is 0 Å². The first-order chi connectivity index (χ1) is 6.88. The van der Waals surface area contributed by atoms with Crippen LogP contribution in [0.25, 0.3) is 0 Å². The molecule has 3 heteroatoms. The zero-order valence-corrected chi connectivity index (χ0v) is 9.85. The van der Waals surface area contributed by atoms with Gasteiger partial charge in [-0.05, 0) is 44.2 Å². The molecule has 0 heterocycles. The van der Waals surface area contributed by atoms with Crippen LogP contribution in [0.15, 0.2) is 0 Å². The number of halogens is 1. The molecule has 1 rings (SSSR count). The van der Waals surface area contributed by atoms with Gasteiger partial charge in [0.2, 0.25) is 0 Å². The smallest absolute Gasteiger partial charge is 0.0474 e. The first-order valence-electron chi connectivity index (χ1n) is 5.64. The van der Waals surface area contributed by atoms with Gasteiger partial charge in [-0.25, -0.2) is 0 Å². The molecule has 14 heavy (non-hydrogen) atoms. The van der Waals surface area contributed by atoms with Crippen molar-refractivity contribution in [2.75, 3.05) is 32.7 Å². The highest BCUT2D eigenvalue weighted by molar-refractivity contribution is 6.18. The third kappa shape index (κ3) is 4.16. The molecule has 0 aromatic rings. The fraction of sp³-hybridized carbons (Fsp3) is 1.00. The topological polar surface area (TPSA) is 21.3 Å². The summed E-state index contributed by atoms with van der Waals surface area (Å²) in [6.07, 6.45) is 5.15. The van der Waals surface area contributed by atoms with Crippen molar-refractivity contribution in [2.45, 2.75) is 25.7 Å². The summed E-state index contributed by atoms with van der Waals surface area (Å²) >= 11 is 5.92. The van der Waals surface area contributed by atoms with Crippen molar-refractivity contribution in [3.63, 3.8) is 0 Å². The molecular weight excluding hydrogens is 198 g/mol. The molecule has 0 amide bonds. The van der Waals surface area contributed by atoms with Crippen molar-refractivity contribution >= 4 is 11.6 Å². The molecule has 1 N–H and O–H groups in total. The minimum absolute atomic E-state index is 0.756. The number of hydrogen-bond acceptors (Lipinski definition) is 2. The number of ether oxygens (including phenoxy) is 1. The van der Waals surface area contributed by atoms with Crippen molar-refractivity contribution < 1.29 is 4.74 Å². The van der Waals surface area contributed by atoms with Crippen molar-refractivity contribution in [1.29, 1.82) is 0 Å². The van der Waals surface area contributed by atoms with E-state index < -0.39 is 0 Å². The van der Waals surface area contributed by atoms with Crippen molar-refractivity contribution in [1.82, 2.24) is 5.32 Å². The van der Waals surface area contributed by atoms with Gasteiger partial charge < -0.3 is 10.1 Å². The van der Waals surface area contributed by atoms with Crippen LogP contribution in [0, 0.1) is 11.8 Å². The highest BCUT2D eigenvalue weighted by Gasteiger charge is 2.25. The number of methoxy groups -OCH3 is 1. The van der Waals surface area contributed by atoms with Crippen molar-refractivity contribution in [2.24, 2.45) is 11.8 Å². The van der Waals surface area contributed by atoms with E-state index >= 15 is 0 Å². The lowest BCUT2D eigenvalue weighted by atomic mass is 9.98. The Labute approximate surface area is 92.3 Å².